The number of ether oxygens (including phenoxy) is 1. The minimum atomic E-state index is -0.285. The summed E-state index contributed by atoms with van der Waals surface area (Å²) in [5.74, 6) is 0.250. The van der Waals surface area contributed by atoms with Gasteiger partial charge < -0.3 is 4.74 Å². The zero-order chi connectivity index (χ0) is 19.6. The second-order valence-corrected chi connectivity index (χ2v) is 7.83. The first-order chi connectivity index (χ1) is 12.9. The van der Waals surface area contributed by atoms with Gasteiger partial charge >= 0.3 is 0 Å². The number of aryl methyl sites for hydroxylation is 3. The maximum absolute atomic E-state index is 12.7. The van der Waals surface area contributed by atoms with Crippen LogP contribution in [0.5, 0.6) is 5.75 Å². The van der Waals surface area contributed by atoms with E-state index in [9.17, 15) is 9.59 Å². The molecule has 1 fully saturated rings. The van der Waals surface area contributed by atoms with Crippen molar-refractivity contribution in [3.8, 4) is 5.75 Å². The van der Waals surface area contributed by atoms with E-state index in [-0.39, 0.29) is 24.3 Å². The third-order valence-corrected chi connectivity index (χ3v) is 5.52. The summed E-state index contributed by atoms with van der Waals surface area (Å²) in [6.45, 7) is 6.43. The summed E-state index contributed by atoms with van der Waals surface area (Å²) in [6.07, 6.45) is 1.81. The molecule has 0 N–H and O–H groups in total. The van der Waals surface area contributed by atoms with Crippen LogP contribution in [0.3, 0.4) is 0 Å². The Balaban J connectivity index is 1.71. The van der Waals surface area contributed by atoms with Crippen LogP contribution in [0.4, 0.5) is 4.79 Å². The predicted octanol–water partition coefficient (Wildman–Crippen LogP) is 5.38. The summed E-state index contributed by atoms with van der Waals surface area (Å²) in [4.78, 5) is 26.6. The van der Waals surface area contributed by atoms with Gasteiger partial charge in [0, 0.05) is 0 Å². The molecule has 6 heteroatoms. The summed E-state index contributed by atoms with van der Waals surface area (Å²) >= 11 is 7.01. The second kappa shape index (κ2) is 8.19. The smallest absolute Gasteiger partial charge is 0.293 e. The molecule has 0 saturated carbocycles. The number of carbonyl (C=O) groups excluding carboxylic acids is 2. The van der Waals surface area contributed by atoms with Gasteiger partial charge in [-0.05, 0) is 67.4 Å². The van der Waals surface area contributed by atoms with Crippen molar-refractivity contribution in [3.05, 3.63) is 68.6 Å². The average Bonchev–Trinajstić information content (AvgIpc) is 2.87. The van der Waals surface area contributed by atoms with Gasteiger partial charge in [-0.1, -0.05) is 41.4 Å². The van der Waals surface area contributed by atoms with Crippen molar-refractivity contribution in [3.63, 3.8) is 0 Å². The molecule has 3 rings (SSSR count). The summed E-state index contributed by atoms with van der Waals surface area (Å²) in [6, 6.07) is 11.2. The van der Waals surface area contributed by atoms with Crippen molar-refractivity contribution < 1.29 is 14.3 Å². The first-order valence-corrected chi connectivity index (χ1v) is 9.77. The number of imide groups is 1. The first-order valence-electron chi connectivity index (χ1n) is 8.57. The molecular formula is C21H20ClNO3S. The summed E-state index contributed by atoms with van der Waals surface area (Å²) in [7, 11) is 0. The first kappa shape index (κ1) is 19.5. The third-order valence-electron chi connectivity index (χ3n) is 4.30. The van der Waals surface area contributed by atoms with Gasteiger partial charge in [-0.25, -0.2) is 0 Å². The Morgan fingerprint density at radius 1 is 1.11 bits per heavy atom. The average molecular weight is 402 g/mol. The van der Waals surface area contributed by atoms with Crippen LogP contribution in [0.25, 0.3) is 6.08 Å². The summed E-state index contributed by atoms with van der Waals surface area (Å²) < 4.78 is 5.59. The number of nitrogens with zero attached hydrogens (tertiary/aromatic N) is 1. The van der Waals surface area contributed by atoms with Gasteiger partial charge in [0.1, 0.15) is 12.4 Å². The highest BCUT2D eigenvalue weighted by Crippen LogP contribution is 2.33. The Hall–Kier alpha value is -2.24. The highest BCUT2D eigenvalue weighted by Gasteiger charge is 2.35. The molecule has 0 atom stereocenters. The lowest BCUT2D eigenvalue weighted by atomic mass is 9.99. The molecule has 2 aromatic rings. The van der Waals surface area contributed by atoms with E-state index >= 15 is 0 Å². The molecule has 0 aromatic heterocycles. The van der Waals surface area contributed by atoms with Gasteiger partial charge in [0.2, 0.25) is 0 Å². The molecule has 2 amide bonds. The van der Waals surface area contributed by atoms with Crippen LogP contribution in [-0.4, -0.2) is 29.2 Å². The molecule has 1 aliphatic heterocycles. The summed E-state index contributed by atoms with van der Waals surface area (Å²) in [5, 5.41) is 0.216. The molecule has 1 aliphatic rings. The lowest BCUT2D eigenvalue weighted by Gasteiger charge is -2.14. The molecule has 140 valence electrons. The number of rotatable bonds is 5. The molecule has 1 heterocycles. The monoisotopic (exact) mass is 401 g/mol. The lowest BCUT2D eigenvalue weighted by molar-refractivity contribution is -0.123. The Bertz CT molecular complexity index is 916. The molecule has 0 aliphatic carbocycles. The molecule has 0 spiro atoms. The third kappa shape index (κ3) is 4.37. The largest absolute Gasteiger partial charge is 0.490 e. The van der Waals surface area contributed by atoms with E-state index in [0.717, 1.165) is 28.5 Å². The minimum Gasteiger partial charge on any atom is -0.490 e. The Kier molecular flexibility index (Phi) is 5.92. The quantitative estimate of drug-likeness (QED) is 0.631. The fourth-order valence-corrected chi connectivity index (χ4v) is 4.09. The zero-order valence-electron chi connectivity index (χ0n) is 15.4. The van der Waals surface area contributed by atoms with Crippen LogP contribution < -0.4 is 4.74 Å². The van der Waals surface area contributed by atoms with Gasteiger partial charge in [-0.3, -0.25) is 14.5 Å². The van der Waals surface area contributed by atoms with E-state index in [1.807, 2.05) is 39.0 Å². The molecule has 4 nitrogen and oxygen atoms in total. The van der Waals surface area contributed by atoms with Crippen molar-refractivity contribution in [2.75, 3.05) is 13.2 Å². The number of thioether (sulfide) groups is 1. The molecule has 0 radical (unpaired) electrons. The van der Waals surface area contributed by atoms with Crippen molar-refractivity contribution in [2.24, 2.45) is 0 Å². The van der Waals surface area contributed by atoms with Crippen molar-refractivity contribution in [1.82, 2.24) is 4.90 Å². The minimum absolute atomic E-state index is 0.180. The number of hydrogen-bond donors (Lipinski definition) is 0. The van der Waals surface area contributed by atoms with Gasteiger partial charge in [-0.2, -0.15) is 0 Å². The Morgan fingerprint density at radius 3 is 2.44 bits per heavy atom. The molecule has 2 aromatic carbocycles. The van der Waals surface area contributed by atoms with E-state index in [2.05, 4.69) is 12.1 Å². The maximum atomic E-state index is 12.7. The topological polar surface area (TPSA) is 46.6 Å². The van der Waals surface area contributed by atoms with E-state index in [1.165, 1.54) is 10.5 Å². The number of benzene rings is 2. The van der Waals surface area contributed by atoms with Crippen LogP contribution in [0.15, 0.2) is 41.3 Å². The van der Waals surface area contributed by atoms with Crippen LogP contribution in [-0.2, 0) is 4.79 Å². The SMILES string of the molecule is Cc1cc(C)c(/C=C2\SC(=O)N(CCOc3ccccc3Cl)C2=O)c(C)c1. The number of para-hydroxylation sites is 1. The van der Waals surface area contributed by atoms with Crippen LogP contribution in [0.1, 0.15) is 22.3 Å². The van der Waals surface area contributed by atoms with E-state index < -0.39 is 0 Å². The molecule has 1 saturated heterocycles. The van der Waals surface area contributed by atoms with Crippen LogP contribution in [0, 0.1) is 20.8 Å². The number of amides is 2. The van der Waals surface area contributed by atoms with E-state index in [4.69, 9.17) is 16.3 Å². The fraction of sp³-hybridized carbons (Fsp3) is 0.238. The maximum Gasteiger partial charge on any atom is 0.293 e. The predicted molar refractivity (Wildman–Crippen MR) is 110 cm³/mol. The number of halogens is 1. The van der Waals surface area contributed by atoms with Gasteiger partial charge in [0.05, 0.1) is 16.5 Å². The lowest BCUT2D eigenvalue weighted by Crippen LogP contribution is -2.32. The second-order valence-electron chi connectivity index (χ2n) is 6.42. The van der Waals surface area contributed by atoms with E-state index in [1.54, 1.807) is 12.1 Å². The fourth-order valence-electron chi connectivity index (χ4n) is 3.05. The highest BCUT2D eigenvalue weighted by molar-refractivity contribution is 8.18. The molecular weight excluding hydrogens is 382 g/mol. The van der Waals surface area contributed by atoms with Gasteiger partial charge in [-0.15, -0.1) is 0 Å². The highest BCUT2D eigenvalue weighted by atomic mass is 35.5. The number of hydrogen-bond acceptors (Lipinski definition) is 4. The normalized spacial score (nSPS) is 15.7. The van der Waals surface area contributed by atoms with Gasteiger partial charge in [0.15, 0.2) is 0 Å². The summed E-state index contributed by atoms with van der Waals surface area (Å²) in [5.41, 5.74) is 4.33. The zero-order valence-corrected chi connectivity index (χ0v) is 17.0. The van der Waals surface area contributed by atoms with E-state index in [0.29, 0.717) is 15.7 Å². The van der Waals surface area contributed by atoms with Crippen molar-refractivity contribution in [2.45, 2.75) is 20.8 Å². The van der Waals surface area contributed by atoms with Gasteiger partial charge in [0.25, 0.3) is 11.1 Å². The Labute approximate surface area is 168 Å². The molecule has 0 bridgehead atoms. The molecule has 0 unspecified atom stereocenters. The number of carbonyl (C=O) groups is 2. The molecule has 27 heavy (non-hydrogen) atoms. The van der Waals surface area contributed by atoms with Crippen molar-refractivity contribution in [1.29, 1.82) is 0 Å². The van der Waals surface area contributed by atoms with Crippen LogP contribution >= 0.6 is 23.4 Å². The Morgan fingerprint density at radius 2 is 1.78 bits per heavy atom. The standard InChI is InChI=1S/C21H20ClNO3S/c1-13-10-14(2)16(15(3)11-13)12-19-20(24)23(21(25)27-19)8-9-26-18-7-5-4-6-17(18)22/h4-7,10-12H,8-9H2,1-3H3/b19-12-. The van der Waals surface area contributed by atoms with Crippen LogP contribution in [0.2, 0.25) is 5.02 Å². The van der Waals surface area contributed by atoms with Crippen molar-refractivity contribution >= 4 is 40.6 Å².